The van der Waals surface area contributed by atoms with Crippen LogP contribution in [-0.2, 0) is 6.54 Å². The molecule has 0 spiro atoms. The first-order valence-corrected chi connectivity index (χ1v) is 10.3. The predicted octanol–water partition coefficient (Wildman–Crippen LogP) is 4.91. The van der Waals surface area contributed by atoms with Crippen LogP contribution >= 0.6 is 11.3 Å². The monoisotopic (exact) mass is 406 g/mol. The Bertz CT molecular complexity index is 1160. The zero-order valence-electron chi connectivity index (χ0n) is 16.4. The number of aryl methyl sites for hydroxylation is 1. The Hall–Kier alpha value is -3.12. The summed E-state index contributed by atoms with van der Waals surface area (Å²) >= 11 is 1.56. The molecule has 0 N–H and O–H groups in total. The van der Waals surface area contributed by atoms with E-state index in [4.69, 9.17) is 9.47 Å². The lowest BCUT2D eigenvalue weighted by molar-refractivity contribution is 0.299. The predicted molar refractivity (Wildman–Crippen MR) is 117 cm³/mol. The zero-order valence-corrected chi connectivity index (χ0v) is 17.2. The van der Waals surface area contributed by atoms with E-state index in [1.807, 2.05) is 67.6 Å². The van der Waals surface area contributed by atoms with Gasteiger partial charge in [0, 0.05) is 11.4 Å². The Kier molecular flexibility index (Phi) is 5.62. The quantitative estimate of drug-likeness (QED) is 0.409. The van der Waals surface area contributed by atoms with Crippen LogP contribution in [0.5, 0.6) is 11.5 Å². The third kappa shape index (κ3) is 4.17. The van der Waals surface area contributed by atoms with Crippen molar-refractivity contribution in [1.29, 1.82) is 0 Å². The molecule has 0 aliphatic heterocycles. The number of rotatable bonds is 7. The van der Waals surface area contributed by atoms with Crippen LogP contribution < -0.4 is 15.0 Å². The number of hydrogen-bond acceptors (Lipinski definition) is 5. The highest BCUT2D eigenvalue weighted by atomic mass is 32.1. The molecule has 2 aromatic heterocycles. The van der Waals surface area contributed by atoms with E-state index in [1.165, 1.54) is 0 Å². The van der Waals surface area contributed by atoms with Gasteiger partial charge in [0.2, 0.25) is 0 Å². The van der Waals surface area contributed by atoms with Crippen LogP contribution in [0.3, 0.4) is 0 Å². The molecule has 0 bridgehead atoms. The van der Waals surface area contributed by atoms with Gasteiger partial charge in [-0.1, -0.05) is 30.3 Å². The van der Waals surface area contributed by atoms with Crippen LogP contribution in [0.25, 0.3) is 20.7 Å². The van der Waals surface area contributed by atoms with Gasteiger partial charge in [0.25, 0.3) is 5.56 Å². The summed E-state index contributed by atoms with van der Waals surface area (Å²) in [5, 5.41) is 0.676. The molecule has 0 atom stereocenters. The summed E-state index contributed by atoms with van der Waals surface area (Å²) in [4.78, 5) is 19.5. The van der Waals surface area contributed by atoms with E-state index in [2.05, 4.69) is 4.98 Å². The van der Waals surface area contributed by atoms with Crippen LogP contribution in [0.2, 0.25) is 0 Å². The molecule has 0 aliphatic rings. The van der Waals surface area contributed by atoms with Crippen molar-refractivity contribution in [3.8, 4) is 21.9 Å². The summed E-state index contributed by atoms with van der Waals surface area (Å²) in [6.45, 7) is 2.97. The van der Waals surface area contributed by atoms with Gasteiger partial charge in [-0.2, -0.15) is 0 Å². The summed E-state index contributed by atoms with van der Waals surface area (Å²) in [5.41, 5.74) is 1.11. The number of hydrogen-bond donors (Lipinski definition) is 0. The molecule has 0 radical (unpaired) electrons. The van der Waals surface area contributed by atoms with Crippen LogP contribution in [0, 0.1) is 6.92 Å². The lowest BCUT2D eigenvalue weighted by Gasteiger charge is -2.10. The molecule has 0 aliphatic carbocycles. The molecule has 4 aromatic rings. The van der Waals surface area contributed by atoms with Gasteiger partial charge >= 0.3 is 0 Å². The third-order valence-corrected chi connectivity index (χ3v) is 5.83. The van der Waals surface area contributed by atoms with Crippen molar-refractivity contribution in [1.82, 2.24) is 9.55 Å². The van der Waals surface area contributed by atoms with Gasteiger partial charge in [-0.05, 0) is 49.2 Å². The first-order valence-electron chi connectivity index (χ1n) is 9.49. The van der Waals surface area contributed by atoms with Crippen molar-refractivity contribution >= 4 is 21.6 Å². The Morgan fingerprint density at radius 2 is 1.76 bits per heavy atom. The maximum absolute atomic E-state index is 13.0. The molecule has 0 unspecified atom stereocenters. The van der Waals surface area contributed by atoms with Gasteiger partial charge in [0.1, 0.15) is 22.2 Å². The summed E-state index contributed by atoms with van der Waals surface area (Å²) in [6.07, 6.45) is 0.718. The molecule has 148 valence electrons. The van der Waals surface area contributed by atoms with Crippen LogP contribution in [0.15, 0.2) is 65.5 Å². The van der Waals surface area contributed by atoms with E-state index in [9.17, 15) is 4.79 Å². The first-order chi connectivity index (χ1) is 14.2. The van der Waals surface area contributed by atoms with Gasteiger partial charge in [-0.25, -0.2) is 4.98 Å². The van der Waals surface area contributed by atoms with Crippen LogP contribution in [0.1, 0.15) is 12.2 Å². The number of benzene rings is 2. The number of fused-ring (bicyclic) bond motifs is 1. The van der Waals surface area contributed by atoms with E-state index in [0.29, 0.717) is 18.5 Å². The minimum absolute atomic E-state index is 0.00961. The molecule has 0 amide bonds. The van der Waals surface area contributed by atoms with Gasteiger partial charge in [0.15, 0.2) is 0 Å². The average Bonchev–Trinajstić information content (AvgIpc) is 3.18. The fraction of sp³-hybridized carbons (Fsp3) is 0.217. The van der Waals surface area contributed by atoms with Crippen LogP contribution in [0.4, 0.5) is 0 Å². The molecule has 0 fully saturated rings. The second-order valence-corrected chi connectivity index (χ2v) is 7.72. The van der Waals surface area contributed by atoms with Crippen LogP contribution in [-0.4, -0.2) is 23.3 Å². The molecule has 4 rings (SSSR count). The largest absolute Gasteiger partial charge is 0.497 e. The van der Waals surface area contributed by atoms with E-state index in [-0.39, 0.29) is 5.56 Å². The molecule has 0 saturated carbocycles. The van der Waals surface area contributed by atoms with E-state index < -0.39 is 0 Å². The normalized spacial score (nSPS) is 11.0. The molecular weight excluding hydrogens is 384 g/mol. The van der Waals surface area contributed by atoms with Gasteiger partial charge < -0.3 is 9.47 Å². The summed E-state index contributed by atoms with van der Waals surface area (Å²) in [5.74, 6) is 2.31. The van der Waals surface area contributed by atoms with Gasteiger partial charge in [-0.15, -0.1) is 11.3 Å². The second-order valence-electron chi connectivity index (χ2n) is 6.69. The first kappa shape index (κ1) is 19.2. The third-order valence-electron chi connectivity index (χ3n) is 4.75. The molecular formula is C23H22N2O3S. The standard InChI is InChI=1S/C23H22N2O3S/c1-16-24-22-20(15-21(29-22)17-7-4-3-5-8-17)23(26)25(16)13-6-14-28-19-11-9-18(27-2)10-12-19/h3-5,7-12,15H,6,13-14H2,1-2H3. The average molecular weight is 407 g/mol. The number of ether oxygens (including phenoxy) is 2. The number of thiophene rings is 1. The number of methoxy groups -OCH3 is 1. The maximum Gasteiger partial charge on any atom is 0.262 e. The highest BCUT2D eigenvalue weighted by Gasteiger charge is 2.12. The summed E-state index contributed by atoms with van der Waals surface area (Å²) in [6, 6.07) is 19.5. The molecule has 29 heavy (non-hydrogen) atoms. The summed E-state index contributed by atoms with van der Waals surface area (Å²) in [7, 11) is 1.64. The van der Waals surface area contributed by atoms with Gasteiger partial charge in [0.05, 0.1) is 19.1 Å². The SMILES string of the molecule is COc1ccc(OCCCn2c(C)nc3sc(-c4ccccc4)cc3c2=O)cc1. The van der Waals surface area contributed by atoms with E-state index >= 15 is 0 Å². The smallest absolute Gasteiger partial charge is 0.262 e. The minimum Gasteiger partial charge on any atom is -0.497 e. The highest BCUT2D eigenvalue weighted by molar-refractivity contribution is 7.21. The van der Waals surface area contributed by atoms with Gasteiger partial charge in [-0.3, -0.25) is 9.36 Å². The van der Waals surface area contributed by atoms with Crippen molar-refractivity contribution in [2.24, 2.45) is 0 Å². The van der Waals surface area contributed by atoms with Crippen molar-refractivity contribution in [2.75, 3.05) is 13.7 Å². The Labute approximate surface area is 173 Å². The minimum atomic E-state index is 0.00961. The Morgan fingerprint density at radius 1 is 1.03 bits per heavy atom. The molecule has 2 aromatic carbocycles. The number of nitrogens with zero attached hydrogens (tertiary/aromatic N) is 2. The number of aromatic nitrogens is 2. The lowest BCUT2D eigenvalue weighted by atomic mass is 10.2. The van der Waals surface area contributed by atoms with Crippen molar-refractivity contribution in [2.45, 2.75) is 19.9 Å². The van der Waals surface area contributed by atoms with E-state index in [0.717, 1.165) is 39.0 Å². The van der Waals surface area contributed by atoms with Crippen molar-refractivity contribution in [3.05, 3.63) is 76.8 Å². The Morgan fingerprint density at radius 3 is 2.48 bits per heavy atom. The lowest BCUT2D eigenvalue weighted by Crippen LogP contribution is -2.24. The van der Waals surface area contributed by atoms with Crippen molar-refractivity contribution in [3.63, 3.8) is 0 Å². The molecule has 6 heteroatoms. The maximum atomic E-state index is 13.0. The second kappa shape index (κ2) is 8.49. The molecule has 5 nitrogen and oxygen atoms in total. The fourth-order valence-corrected chi connectivity index (χ4v) is 4.28. The topological polar surface area (TPSA) is 53.4 Å². The Balaban J connectivity index is 1.47. The molecule has 2 heterocycles. The highest BCUT2D eigenvalue weighted by Crippen LogP contribution is 2.30. The fourth-order valence-electron chi connectivity index (χ4n) is 3.21. The molecule has 0 saturated heterocycles. The van der Waals surface area contributed by atoms with E-state index in [1.54, 1.807) is 23.0 Å². The summed E-state index contributed by atoms with van der Waals surface area (Å²) < 4.78 is 12.6. The van der Waals surface area contributed by atoms with Crippen molar-refractivity contribution < 1.29 is 9.47 Å². The zero-order chi connectivity index (χ0) is 20.2.